The van der Waals surface area contributed by atoms with E-state index in [0.29, 0.717) is 29.7 Å². The van der Waals surface area contributed by atoms with Gasteiger partial charge in [-0.25, -0.2) is 17.8 Å². The molecular formula is C24H28FN8O4S+. The Morgan fingerprint density at radius 2 is 2.00 bits per heavy atom. The molecule has 7 N–H and O–H groups in total. The standard InChI is InChI=1S/C24H27FN8O4S/c1-38(36,37)20-19(14-6-15-4-5-16(7-14)32(15)24(35)21(27)29-11-26)31-23-17(9-30-33(23)22(20)28)12-2-3-13(10-34)18(25)8-12/h2-3,8-9,11,14-16,34H,4-7,10,28H2,1H3,(H3,26,27,29)/p+1/t14?,15-,16+. The van der Waals surface area contributed by atoms with Gasteiger partial charge in [0, 0.05) is 35.4 Å². The summed E-state index contributed by atoms with van der Waals surface area (Å²) < 4.78 is 41.5. The van der Waals surface area contributed by atoms with Gasteiger partial charge in [0.1, 0.15) is 16.5 Å². The molecule has 0 saturated carbocycles. The molecule has 3 atom stereocenters. The lowest BCUT2D eigenvalue weighted by Crippen LogP contribution is -2.51. The molecule has 1 unspecified atom stereocenters. The summed E-state index contributed by atoms with van der Waals surface area (Å²) in [6.07, 6.45) is 5.85. The van der Waals surface area contributed by atoms with Crippen molar-refractivity contribution in [2.45, 2.75) is 55.2 Å². The predicted molar refractivity (Wildman–Crippen MR) is 137 cm³/mol. The molecule has 2 aromatic heterocycles. The molecule has 0 spiro atoms. The van der Waals surface area contributed by atoms with Crippen molar-refractivity contribution in [1.82, 2.24) is 19.5 Å². The van der Waals surface area contributed by atoms with E-state index in [1.54, 1.807) is 11.0 Å². The van der Waals surface area contributed by atoms with E-state index in [1.807, 2.05) is 0 Å². The first-order valence-corrected chi connectivity index (χ1v) is 13.9. The Morgan fingerprint density at radius 3 is 2.58 bits per heavy atom. The monoisotopic (exact) mass is 543 g/mol. The van der Waals surface area contributed by atoms with Crippen LogP contribution in [-0.4, -0.2) is 69.4 Å². The molecule has 0 radical (unpaired) electrons. The zero-order chi connectivity index (χ0) is 27.4. The number of carbonyl (C=O) groups excluding carboxylic acids is 1. The Bertz CT molecular complexity index is 1590. The van der Waals surface area contributed by atoms with E-state index in [-0.39, 0.29) is 45.8 Å². The molecule has 1 amide bonds. The molecule has 14 heteroatoms. The van der Waals surface area contributed by atoms with Gasteiger partial charge in [-0.15, -0.1) is 0 Å². The second-order valence-electron chi connectivity index (χ2n) is 9.67. The van der Waals surface area contributed by atoms with Crippen LogP contribution in [-0.2, 0) is 21.2 Å². The number of aromatic nitrogens is 3. The van der Waals surface area contributed by atoms with Gasteiger partial charge in [-0.2, -0.15) is 9.61 Å². The van der Waals surface area contributed by atoms with Crippen molar-refractivity contribution in [3.8, 4) is 11.1 Å². The Kier molecular flexibility index (Phi) is 6.39. The number of hydrogen-bond donors (Lipinski definition) is 4. The predicted octanol–water partition coefficient (Wildman–Crippen LogP) is -0.605. The SMILES string of the molecule is CS(=O)(=O)c1c(C2C[C@H]3CC[C@@H](C2)N3C(=O)C(N)=NC=[NH2+])nc2c(-c3ccc(CO)c(F)c3)cnn2c1N. The molecule has 4 heterocycles. The minimum absolute atomic E-state index is 0.0908. The van der Waals surface area contributed by atoms with Crippen LogP contribution in [0.4, 0.5) is 10.2 Å². The molecule has 2 aliphatic heterocycles. The van der Waals surface area contributed by atoms with Crippen LogP contribution >= 0.6 is 0 Å². The molecule has 2 saturated heterocycles. The number of sulfone groups is 1. The van der Waals surface area contributed by atoms with Gasteiger partial charge in [0.2, 0.25) is 0 Å². The van der Waals surface area contributed by atoms with Gasteiger partial charge in [-0.3, -0.25) is 10.2 Å². The first-order valence-electron chi connectivity index (χ1n) is 12.0. The van der Waals surface area contributed by atoms with Gasteiger partial charge in [0.15, 0.2) is 15.5 Å². The van der Waals surface area contributed by atoms with Crippen LogP contribution in [0, 0.1) is 5.82 Å². The third-order valence-electron chi connectivity index (χ3n) is 7.36. The number of piperidine rings is 1. The molecule has 2 bridgehead atoms. The third kappa shape index (κ3) is 4.19. The number of rotatable bonds is 5. The maximum absolute atomic E-state index is 14.4. The maximum atomic E-state index is 14.4. The summed E-state index contributed by atoms with van der Waals surface area (Å²) in [5, 5.41) is 18.8. The van der Waals surface area contributed by atoms with Gasteiger partial charge in [-0.05, 0) is 42.3 Å². The van der Waals surface area contributed by atoms with Crippen molar-refractivity contribution in [2.75, 3.05) is 12.0 Å². The molecule has 1 aromatic carbocycles. The number of aliphatic imine (C=N–C) groups is 1. The van der Waals surface area contributed by atoms with Crippen molar-refractivity contribution < 1.29 is 28.1 Å². The highest BCUT2D eigenvalue weighted by Crippen LogP contribution is 2.45. The van der Waals surface area contributed by atoms with Crippen molar-refractivity contribution in [1.29, 1.82) is 0 Å². The van der Waals surface area contributed by atoms with E-state index in [1.165, 1.54) is 22.8 Å². The van der Waals surface area contributed by atoms with E-state index in [9.17, 15) is 22.7 Å². The Labute approximate surface area is 217 Å². The first-order chi connectivity index (χ1) is 18.0. The average molecular weight is 544 g/mol. The van der Waals surface area contributed by atoms with E-state index in [2.05, 4.69) is 10.1 Å². The number of aliphatic hydroxyl groups is 1. The smallest absolute Gasteiger partial charge is 0.316 e. The van der Waals surface area contributed by atoms with Crippen LogP contribution in [0.15, 0.2) is 34.3 Å². The average Bonchev–Trinajstić information content (AvgIpc) is 3.40. The third-order valence-corrected chi connectivity index (χ3v) is 8.52. The maximum Gasteiger partial charge on any atom is 0.316 e. The molecule has 0 aliphatic carbocycles. The quantitative estimate of drug-likeness (QED) is 0.242. The fourth-order valence-corrected chi connectivity index (χ4v) is 6.78. The van der Waals surface area contributed by atoms with Crippen molar-refractivity contribution in [3.63, 3.8) is 0 Å². The van der Waals surface area contributed by atoms with Gasteiger partial charge >= 0.3 is 11.7 Å². The summed E-state index contributed by atoms with van der Waals surface area (Å²) in [6, 6.07) is 3.98. The minimum Gasteiger partial charge on any atom is -0.392 e. The number of aliphatic hydroxyl groups excluding tert-OH is 1. The lowest BCUT2D eigenvalue weighted by Gasteiger charge is -2.38. The number of halogens is 1. The number of hydrogen-bond acceptors (Lipinski definition) is 7. The number of amidine groups is 1. The summed E-state index contributed by atoms with van der Waals surface area (Å²) in [5.74, 6) is -1.60. The highest BCUT2D eigenvalue weighted by molar-refractivity contribution is 7.91. The zero-order valence-corrected chi connectivity index (χ0v) is 21.4. The number of amides is 1. The number of carbonyl (C=O) groups is 1. The first kappa shape index (κ1) is 25.7. The van der Waals surface area contributed by atoms with Crippen molar-refractivity contribution in [3.05, 3.63) is 41.5 Å². The highest BCUT2D eigenvalue weighted by Gasteiger charge is 2.46. The Morgan fingerprint density at radius 1 is 1.32 bits per heavy atom. The molecule has 12 nitrogen and oxygen atoms in total. The van der Waals surface area contributed by atoms with Crippen LogP contribution in [0.3, 0.4) is 0 Å². The fraction of sp³-hybridized carbons (Fsp3) is 0.375. The second-order valence-corrected chi connectivity index (χ2v) is 11.6. The summed E-state index contributed by atoms with van der Waals surface area (Å²) in [5.41, 5.74) is 13.8. The second kappa shape index (κ2) is 9.44. The summed E-state index contributed by atoms with van der Waals surface area (Å²) >= 11 is 0. The Balaban J connectivity index is 1.61. The molecule has 200 valence electrons. The van der Waals surface area contributed by atoms with Crippen LogP contribution in [0.1, 0.15) is 42.9 Å². The molecule has 38 heavy (non-hydrogen) atoms. The van der Waals surface area contributed by atoms with Gasteiger partial charge in [-0.1, -0.05) is 12.1 Å². The van der Waals surface area contributed by atoms with Crippen molar-refractivity contribution >= 4 is 39.4 Å². The molecule has 2 fully saturated rings. The number of nitrogen functional groups attached to an aromatic ring is 1. The lowest BCUT2D eigenvalue weighted by atomic mass is 9.87. The number of anilines is 1. The van der Waals surface area contributed by atoms with E-state index in [0.717, 1.165) is 25.4 Å². The van der Waals surface area contributed by atoms with Gasteiger partial charge < -0.3 is 21.5 Å². The van der Waals surface area contributed by atoms with E-state index >= 15 is 0 Å². The Hall–Kier alpha value is -3.91. The summed E-state index contributed by atoms with van der Waals surface area (Å²) in [4.78, 5) is 23.0. The number of nitrogens with zero attached hydrogens (tertiary/aromatic N) is 5. The molecular weight excluding hydrogens is 515 g/mol. The number of fused-ring (bicyclic) bond motifs is 3. The molecule has 2 aliphatic rings. The fourth-order valence-electron chi connectivity index (χ4n) is 5.72. The number of benzene rings is 1. The van der Waals surface area contributed by atoms with Crippen LogP contribution in [0.25, 0.3) is 16.8 Å². The summed E-state index contributed by atoms with van der Waals surface area (Å²) in [6.45, 7) is -0.445. The normalized spacial score (nSPS) is 21.7. The van der Waals surface area contributed by atoms with E-state index in [4.69, 9.17) is 21.9 Å². The molecule has 3 aromatic rings. The largest absolute Gasteiger partial charge is 0.392 e. The van der Waals surface area contributed by atoms with E-state index < -0.39 is 28.2 Å². The van der Waals surface area contributed by atoms with Gasteiger partial charge in [0.25, 0.3) is 6.34 Å². The molecule has 5 rings (SSSR count). The lowest BCUT2D eigenvalue weighted by molar-refractivity contribution is -0.128. The minimum atomic E-state index is -3.82. The topological polar surface area (TPSA) is 195 Å². The number of nitrogens with two attached hydrogens (primary N) is 3. The van der Waals surface area contributed by atoms with Crippen LogP contribution < -0.4 is 16.9 Å². The highest BCUT2D eigenvalue weighted by atomic mass is 32.2. The van der Waals surface area contributed by atoms with Crippen LogP contribution in [0.2, 0.25) is 0 Å². The van der Waals surface area contributed by atoms with Crippen LogP contribution in [0.5, 0.6) is 0 Å². The van der Waals surface area contributed by atoms with Crippen molar-refractivity contribution in [2.24, 2.45) is 10.7 Å². The van der Waals surface area contributed by atoms with Gasteiger partial charge in [0.05, 0.1) is 18.5 Å². The summed E-state index contributed by atoms with van der Waals surface area (Å²) in [7, 11) is -3.82. The zero-order valence-electron chi connectivity index (χ0n) is 20.6.